The van der Waals surface area contributed by atoms with Crippen LogP contribution in [0.25, 0.3) is 0 Å². The zero-order valence-electron chi connectivity index (χ0n) is 17.3. The second kappa shape index (κ2) is 11.7. The highest BCUT2D eigenvalue weighted by Crippen LogP contribution is 2.20. The van der Waals surface area contributed by atoms with E-state index in [-0.39, 0.29) is 11.8 Å². The van der Waals surface area contributed by atoms with Gasteiger partial charge < -0.3 is 10.6 Å². The maximum Gasteiger partial charge on any atom is 0.251 e. The van der Waals surface area contributed by atoms with Gasteiger partial charge in [-0.2, -0.15) is 11.8 Å². The molecule has 2 N–H and O–H groups in total. The monoisotopic (exact) mass is 496 g/mol. The van der Waals surface area contributed by atoms with Gasteiger partial charge in [-0.05, 0) is 66.3 Å². The molecule has 0 bridgehead atoms. The second-order valence-electron chi connectivity index (χ2n) is 7.12. The minimum absolute atomic E-state index is 0.208. The van der Waals surface area contributed by atoms with Crippen LogP contribution in [0.1, 0.15) is 27.9 Å². The van der Waals surface area contributed by atoms with Crippen molar-refractivity contribution in [3.8, 4) is 0 Å². The van der Waals surface area contributed by atoms with E-state index in [4.69, 9.17) is 0 Å². The molecule has 0 heterocycles. The molecule has 3 aromatic carbocycles. The lowest BCUT2D eigenvalue weighted by atomic mass is 10.0. The van der Waals surface area contributed by atoms with Crippen molar-refractivity contribution < 1.29 is 9.59 Å². The van der Waals surface area contributed by atoms with E-state index >= 15 is 0 Å². The summed E-state index contributed by atoms with van der Waals surface area (Å²) in [6.45, 7) is 0. The molecule has 3 aromatic rings. The van der Waals surface area contributed by atoms with Gasteiger partial charge in [0.15, 0.2) is 0 Å². The van der Waals surface area contributed by atoms with Crippen LogP contribution in [-0.2, 0) is 11.2 Å². The molecule has 0 saturated carbocycles. The molecule has 4 nitrogen and oxygen atoms in total. The number of hydrogen-bond donors (Lipinski definition) is 2. The predicted molar refractivity (Wildman–Crippen MR) is 133 cm³/mol. The number of benzene rings is 3. The van der Waals surface area contributed by atoms with Crippen LogP contribution in [0.3, 0.4) is 0 Å². The van der Waals surface area contributed by atoms with E-state index in [9.17, 15) is 9.59 Å². The molecule has 0 aliphatic rings. The summed E-state index contributed by atoms with van der Waals surface area (Å²) < 4.78 is 0.899. The van der Waals surface area contributed by atoms with E-state index in [1.54, 1.807) is 23.9 Å². The maximum absolute atomic E-state index is 13.1. The van der Waals surface area contributed by atoms with Crippen LogP contribution < -0.4 is 10.6 Å². The molecule has 0 aliphatic heterocycles. The van der Waals surface area contributed by atoms with Crippen LogP contribution in [-0.4, -0.2) is 29.9 Å². The van der Waals surface area contributed by atoms with Gasteiger partial charge >= 0.3 is 0 Å². The molecule has 3 rings (SSSR count). The molecule has 1 atom stereocenters. The highest BCUT2D eigenvalue weighted by Gasteiger charge is 2.22. The first-order valence-electron chi connectivity index (χ1n) is 10.0. The summed E-state index contributed by atoms with van der Waals surface area (Å²) >= 11 is 5.02. The number of thioether (sulfide) groups is 1. The Kier molecular flexibility index (Phi) is 8.74. The summed E-state index contributed by atoms with van der Waals surface area (Å²) in [5.74, 6) is 0.302. The quantitative estimate of drug-likeness (QED) is 0.409. The zero-order valence-corrected chi connectivity index (χ0v) is 19.7. The average Bonchev–Trinajstić information content (AvgIpc) is 2.79. The van der Waals surface area contributed by atoms with Crippen molar-refractivity contribution in [2.45, 2.75) is 18.9 Å². The number of rotatable bonds is 9. The Balaban J connectivity index is 1.73. The van der Waals surface area contributed by atoms with Crippen LogP contribution >= 0.6 is 27.7 Å². The number of anilines is 1. The summed E-state index contributed by atoms with van der Waals surface area (Å²) in [4.78, 5) is 25.8. The van der Waals surface area contributed by atoms with Crippen molar-refractivity contribution in [2.24, 2.45) is 0 Å². The lowest BCUT2D eigenvalue weighted by molar-refractivity contribution is -0.118. The van der Waals surface area contributed by atoms with Gasteiger partial charge in [0.2, 0.25) is 5.91 Å². The normalized spacial score (nSPS) is 11.5. The Labute approximate surface area is 196 Å². The molecule has 6 heteroatoms. The summed E-state index contributed by atoms with van der Waals surface area (Å²) in [6, 6.07) is 24.4. The van der Waals surface area contributed by atoms with Crippen molar-refractivity contribution >= 4 is 45.2 Å². The molecule has 0 radical (unpaired) electrons. The Morgan fingerprint density at radius 2 is 1.61 bits per heavy atom. The first-order valence-corrected chi connectivity index (χ1v) is 12.2. The Hall–Kier alpha value is -2.57. The van der Waals surface area contributed by atoms with Gasteiger partial charge in [-0.15, -0.1) is 0 Å². The van der Waals surface area contributed by atoms with Gasteiger partial charge in [0.25, 0.3) is 5.91 Å². The number of carbonyl (C=O) groups is 2. The first-order chi connectivity index (χ1) is 15.1. The van der Waals surface area contributed by atoms with E-state index in [0.717, 1.165) is 27.9 Å². The fraction of sp³-hybridized carbons (Fsp3) is 0.200. The van der Waals surface area contributed by atoms with Gasteiger partial charge in [-0.25, -0.2) is 0 Å². The molecular formula is C25H25BrN2O2S. The molecule has 0 unspecified atom stereocenters. The summed E-state index contributed by atoms with van der Waals surface area (Å²) in [6.07, 6.45) is 3.26. The lowest BCUT2D eigenvalue weighted by Gasteiger charge is -2.19. The minimum atomic E-state index is -0.617. The smallest absolute Gasteiger partial charge is 0.251 e. The standard InChI is InChI=1S/C25H25BrN2O2S/c1-31-16-15-23(28-24(29)19-11-13-21(26)14-12-19)25(30)27-22-10-6-5-9-20(22)17-18-7-3-2-4-8-18/h2-14,23H,15-17H2,1H3,(H,27,30)(H,28,29)/t23-/m0/s1. The van der Waals surface area contributed by atoms with Crippen LogP contribution in [0.2, 0.25) is 0 Å². The van der Waals surface area contributed by atoms with Crippen molar-refractivity contribution in [1.29, 1.82) is 0 Å². The molecule has 0 saturated heterocycles. The van der Waals surface area contributed by atoms with E-state index in [1.807, 2.05) is 60.9 Å². The largest absolute Gasteiger partial charge is 0.340 e. The van der Waals surface area contributed by atoms with Crippen LogP contribution in [0, 0.1) is 0 Å². The van der Waals surface area contributed by atoms with Crippen molar-refractivity contribution in [3.63, 3.8) is 0 Å². The van der Waals surface area contributed by atoms with Gasteiger partial charge in [0, 0.05) is 15.7 Å². The molecule has 0 aliphatic carbocycles. The Morgan fingerprint density at radius 3 is 2.32 bits per heavy atom. The van der Waals surface area contributed by atoms with E-state index in [1.165, 1.54) is 5.56 Å². The number of amides is 2. The highest BCUT2D eigenvalue weighted by molar-refractivity contribution is 9.10. The molecule has 0 aromatic heterocycles. The third-order valence-electron chi connectivity index (χ3n) is 4.85. The number of hydrogen-bond acceptors (Lipinski definition) is 3. The van der Waals surface area contributed by atoms with Gasteiger partial charge in [-0.1, -0.05) is 64.5 Å². The fourth-order valence-corrected chi connectivity index (χ4v) is 3.92. The maximum atomic E-state index is 13.1. The highest BCUT2D eigenvalue weighted by atomic mass is 79.9. The molecule has 0 spiro atoms. The number of nitrogens with one attached hydrogen (secondary N) is 2. The Bertz CT molecular complexity index is 1010. The molecule has 31 heavy (non-hydrogen) atoms. The molecule has 160 valence electrons. The molecular weight excluding hydrogens is 472 g/mol. The van der Waals surface area contributed by atoms with Crippen molar-refractivity contribution in [1.82, 2.24) is 5.32 Å². The zero-order chi connectivity index (χ0) is 22.1. The Morgan fingerprint density at radius 1 is 0.935 bits per heavy atom. The molecule has 2 amide bonds. The summed E-state index contributed by atoms with van der Waals surface area (Å²) in [5.41, 5.74) is 3.50. The van der Waals surface area contributed by atoms with Gasteiger partial charge in [0.05, 0.1) is 0 Å². The van der Waals surface area contributed by atoms with Crippen LogP contribution in [0.15, 0.2) is 83.3 Å². The lowest BCUT2D eigenvalue weighted by Crippen LogP contribution is -2.44. The van der Waals surface area contributed by atoms with Crippen LogP contribution in [0.4, 0.5) is 5.69 Å². The van der Waals surface area contributed by atoms with Gasteiger partial charge in [-0.3, -0.25) is 9.59 Å². The van der Waals surface area contributed by atoms with E-state index in [2.05, 4.69) is 38.7 Å². The summed E-state index contributed by atoms with van der Waals surface area (Å²) in [5, 5.41) is 5.93. The molecule has 0 fully saturated rings. The first kappa shape index (κ1) is 23.1. The number of halogens is 1. The van der Waals surface area contributed by atoms with Crippen LogP contribution in [0.5, 0.6) is 0 Å². The topological polar surface area (TPSA) is 58.2 Å². The fourth-order valence-electron chi connectivity index (χ4n) is 3.18. The van der Waals surface area contributed by atoms with Crippen molar-refractivity contribution in [2.75, 3.05) is 17.3 Å². The SMILES string of the molecule is CSCC[C@H](NC(=O)c1ccc(Br)cc1)C(=O)Nc1ccccc1Cc1ccccc1. The van der Waals surface area contributed by atoms with E-state index in [0.29, 0.717) is 12.0 Å². The van der Waals surface area contributed by atoms with Gasteiger partial charge in [0.1, 0.15) is 6.04 Å². The predicted octanol–water partition coefficient (Wildman–Crippen LogP) is 5.53. The number of carbonyl (C=O) groups excluding carboxylic acids is 2. The second-order valence-corrected chi connectivity index (χ2v) is 9.02. The minimum Gasteiger partial charge on any atom is -0.340 e. The third-order valence-corrected chi connectivity index (χ3v) is 6.02. The number of para-hydroxylation sites is 1. The summed E-state index contributed by atoms with van der Waals surface area (Å²) in [7, 11) is 0. The third kappa shape index (κ3) is 6.97. The van der Waals surface area contributed by atoms with E-state index < -0.39 is 6.04 Å². The average molecular weight is 497 g/mol. The van der Waals surface area contributed by atoms with Crippen molar-refractivity contribution in [3.05, 3.63) is 100 Å².